The maximum atomic E-state index is 13.1. The van der Waals surface area contributed by atoms with Crippen LogP contribution in [-0.2, 0) is 6.42 Å². The predicted octanol–water partition coefficient (Wildman–Crippen LogP) is 3.92. The fourth-order valence-corrected chi connectivity index (χ4v) is 3.63. The third-order valence-corrected chi connectivity index (χ3v) is 5.05. The molecule has 0 aliphatic carbocycles. The Balaban J connectivity index is 2.26. The van der Waals surface area contributed by atoms with Gasteiger partial charge in [0.1, 0.15) is 10.6 Å². The molecule has 0 spiro atoms. The van der Waals surface area contributed by atoms with Crippen molar-refractivity contribution in [3.63, 3.8) is 0 Å². The summed E-state index contributed by atoms with van der Waals surface area (Å²) in [6.45, 7) is 0. The normalized spacial score (nSPS) is 24.3. The van der Waals surface area contributed by atoms with E-state index in [9.17, 15) is 9.65 Å². The van der Waals surface area contributed by atoms with E-state index in [1.165, 1.54) is 12.1 Å². The highest BCUT2D eigenvalue weighted by atomic mass is 79.9. The molecule has 16 heavy (non-hydrogen) atoms. The molecule has 1 aromatic carbocycles. The molecule has 1 heterocycles. The van der Waals surface area contributed by atoms with Gasteiger partial charge >= 0.3 is 0 Å². The molecule has 1 aliphatic heterocycles. The summed E-state index contributed by atoms with van der Waals surface area (Å²) in [4.78, 5) is 0. The second-order valence-corrected chi connectivity index (χ2v) is 6.30. The van der Waals surface area contributed by atoms with Crippen LogP contribution in [-0.4, -0.2) is 10.5 Å². The summed E-state index contributed by atoms with van der Waals surface area (Å²) in [5.74, 6) is 0.787. The molecule has 0 amide bonds. The average Bonchev–Trinajstić information content (AvgIpc) is 2.73. The first kappa shape index (κ1) is 11.9. The third kappa shape index (κ3) is 2.41. The number of hydrogen-bond acceptors (Lipinski definition) is 2. The van der Waals surface area contributed by atoms with Crippen LogP contribution in [0.4, 0.5) is 4.39 Å². The molecular weight excluding hydrogens is 289 g/mol. The van der Waals surface area contributed by atoms with E-state index in [-0.39, 0.29) is 10.6 Å². The second-order valence-electron chi connectivity index (χ2n) is 3.97. The van der Waals surface area contributed by atoms with E-state index in [0.717, 1.165) is 28.6 Å². The zero-order valence-electron chi connectivity index (χ0n) is 8.67. The Labute approximate surface area is 107 Å². The van der Waals surface area contributed by atoms with Crippen molar-refractivity contribution < 1.29 is 4.39 Å². The standard InChI is InChI=1S/C12H11BrFNS/c13-11-3-2-10(14)6-9(11)7-12(8-15)4-1-5-16-12/h2-3,6H,1,4-5,7H2. The summed E-state index contributed by atoms with van der Waals surface area (Å²) in [6.07, 6.45) is 2.59. The third-order valence-electron chi connectivity index (χ3n) is 2.79. The van der Waals surface area contributed by atoms with E-state index in [4.69, 9.17) is 0 Å². The first-order chi connectivity index (χ1) is 7.65. The highest BCUT2D eigenvalue weighted by Crippen LogP contribution is 2.41. The van der Waals surface area contributed by atoms with Gasteiger partial charge in [0.15, 0.2) is 0 Å². The van der Waals surface area contributed by atoms with Gasteiger partial charge in [0.2, 0.25) is 0 Å². The highest BCUT2D eigenvalue weighted by Gasteiger charge is 2.35. The van der Waals surface area contributed by atoms with Crippen molar-refractivity contribution in [1.82, 2.24) is 0 Å². The quantitative estimate of drug-likeness (QED) is 0.826. The summed E-state index contributed by atoms with van der Waals surface area (Å²) in [6, 6.07) is 7.04. The molecular formula is C12H11BrFNS. The van der Waals surface area contributed by atoms with Gasteiger partial charge in [0.05, 0.1) is 6.07 Å². The lowest BCUT2D eigenvalue weighted by molar-refractivity contribution is 0.618. The molecule has 4 heteroatoms. The van der Waals surface area contributed by atoms with E-state index < -0.39 is 0 Å². The average molecular weight is 300 g/mol. The molecule has 2 rings (SSSR count). The summed E-state index contributed by atoms with van der Waals surface area (Å²) < 4.78 is 13.7. The van der Waals surface area contributed by atoms with Crippen LogP contribution in [0.15, 0.2) is 22.7 Å². The highest BCUT2D eigenvalue weighted by molar-refractivity contribution is 9.10. The van der Waals surface area contributed by atoms with Crippen molar-refractivity contribution in [3.8, 4) is 6.07 Å². The lowest BCUT2D eigenvalue weighted by Gasteiger charge is -2.19. The van der Waals surface area contributed by atoms with Gasteiger partial charge in [-0.25, -0.2) is 4.39 Å². The van der Waals surface area contributed by atoms with Crippen LogP contribution in [0.5, 0.6) is 0 Å². The molecule has 0 aromatic heterocycles. The first-order valence-electron chi connectivity index (χ1n) is 5.14. The fraction of sp³-hybridized carbons (Fsp3) is 0.417. The Morgan fingerprint density at radius 3 is 3.00 bits per heavy atom. The molecule has 1 nitrogen and oxygen atoms in total. The Bertz CT molecular complexity index is 435. The molecule has 1 aliphatic rings. The van der Waals surface area contributed by atoms with E-state index >= 15 is 0 Å². The predicted molar refractivity (Wildman–Crippen MR) is 67.8 cm³/mol. The van der Waals surface area contributed by atoms with Crippen LogP contribution in [0.3, 0.4) is 0 Å². The van der Waals surface area contributed by atoms with Crippen LogP contribution in [0, 0.1) is 17.1 Å². The number of rotatable bonds is 2. The summed E-state index contributed by atoms with van der Waals surface area (Å²) in [7, 11) is 0. The molecule has 0 N–H and O–H groups in total. The number of nitriles is 1. The Kier molecular flexibility index (Phi) is 3.56. The lowest BCUT2D eigenvalue weighted by Crippen LogP contribution is -2.22. The number of benzene rings is 1. The molecule has 0 radical (unpaired) electrons. The van der Waals surface area contributed by atoms with Crippen molar-refractivity contribution in [3.05, 3.63) is 34.1 Å². The number of thioether (sulfide) groups is 1. The zero-order valence-corrected chi connectivity index (χ0v) is 11.1. The van der Waals surface area contributed by atoms with Crippen molar-refractivity contribution in [2.45, 2.75) is 24.0 Å². The van der Waals surface area contributed by atoms with E-state index in [1.54, 1.807) is 17.8 Å². The number of halogens is 2. The zero-order chi connectivity index (χ0) is 11.6. The topological polar surface area (TPSA) is 23.8 Å². The smallest absolute Gasteiger partial charge is 0.123 e. The summed E-state index contributed by atoms with van der Waals surface area (Å²) in [5.41, 5.74) is 0.885. The van der Waals surface area contributed by atoms with Crippen molar-refractivity contribution in [2.24, 2.45) is 0 Å². The molecule has 1 aromatic rings. The largest absolute Gasteiger partial charge is 0.207 e. The molecule has 1 unspecified atom stereocenters. The van der Waals surface area contributed by atoms with E-state index in [2.05, 4.69) is 22.0 Å². The minimum absolute atomic E-state index is 0.241. The summed E-state index contributed by atoms with van der Waals surface area (Å²) >= 11 is 5.10. The van der Waals surface area contributed by atoms with Crippen molar-refractivity contribution in [2.75, 3.05) is 5.75 Å². The van der Waals surface area contributed by atoms with Crippen LogP contribution < -0.4 is 0 Å². The Morgan fingerprint density at radius 2 is 2.38 bits per heavy atom. The minimum atomic E-state index is -0.351. The van der Waals surface area contributed by atoms with Gasteiger partial charge in [-0.15, -0.1) is 11.8 Å². The van der Waals surface area contributed by atoms with Gasteiger partial charge in [-0.3, -0.25) is 0 Å². The van der Waals surface area contributed by atoms with Gasteiger partial charge in [-0.2, -0.15) is 5.26 Å². The monoisotopic (exact) mass is 299 g/mol. The first-order valence-corrected chi connectivity index (χ1v) is 6.92. The lowest BCUT2D eigenvalue weighted by atomic mass is 9.96. The maximum absolute atomic E-state index is 13.1. The van der Waals surface area contributed by atoms with Gasteiger partial charge in [0, 0.05) is 10.9 Å². The van der Waals surface area contributed by atoms with Crippen LogP contribution >= 0.6 is 27.7 Å². The Hall–Kier alpha value is -0.530. The number of nitrogens with zero attached hydrogens (tertiary/aromatic N) is 1. The van der Waals surface area contributed by atoms with Gasteiger partial charge in [0.25, 0.3) is 0 Å². The van der Waals surface area contributed by atoms with Gasteiger partial charge < -0.3 is 0 Å². The minimum Gasteiger partial charge on any atom is -0.207 e. The van der Waals surface area contributed by atoms with E-state index in [0.29, 0.717) is 6.42 Å². The van der Waals surface area contributed by atoms with Crippen LogP contribution in [0.1, 0.15) is 18.4 Å². The van der Waals surface area contributed by atoms with Gasteiger partial charge in [-0.05, 0) is 42.4 Å². The molecule has 0 bridgehead atoms. The number of hydrogen-bond donors (Lipinski definition) is 0. The maximum Gasteiger partial charge on any atom is 0.123 e. The summed E-state index contributed by atoms with van der Waals surface area (Å²) in [5, 5.41) is 9.26. The molecule has 1 saturated heterocycles. The van der Waals surface area contributed by atoms with Crippen LogP contribution in [0.2, 0.25) is 0 Å². The van der Waals surface area contributed by atoms with Crippen LogP contribution in [0.25, 0.3) is 0 Å². The second kappa shape index (κ2) is 4.77. The van der Waals surface area contributed by atoms with Crippen molar-refractivity contribution >= 4 is 27.7 Å². The van der Waals surface area contributed by atoms with E-state index in [1.807, 2.05) is 0 Å². The van der Waals surface area contributed by atoms with Gasteiger partial charge in [-0.1, -0.05) is 15.9 Å². The Morgan fingerprint density at radius 1 is 1.56 bits per heavy atom. The molecule has 1 atom stereocenters. The molecule has 0 saturated carbocycles. The SMILES string of the molecule is N#CC1(Cc2cc(F)ccc2Br)CCCS1. The fourth-order valence-electron chi connectivity index (χ4n) is 1.95. The molecule has 1 fully saturated rings. The van der Waals surface area contributed by atoms with Crippen molar-refractivity contribution in [1.29, 1.82) is 5.26 Å². The molecule has 84 valence electrons.